The largest absolute Gasteiger partial charge is 0.402 e. The van der Waals surface area contributed by atoms with Gasteiger partial charge in [-0.2, -0.15) is 13.2 Å². The van der Waals surface area contributed by atoms with Gasteiger partial charge in [0.1, 0.15) is 9.83 Å². The van der Waals surface area contributed by atoms with Gasteiger partial charge >= 0.3 is 6.18 Å². The van der Waals surface area contributed by atoms with Crippen LogP contribution in [0, 0.1) is 6.92 Å². The van der Waals surface area contributed by atoms with Crippen LogP contribution in [-0.2, 0) is 0 Å². The summed E-state index contributed by atoms with van der Waals surface area (Å²) in [6.07, 6.45) is -4.20. The first-order valence-corrected chi connectivity index (χ1v) is 6.25. The predicted molar refractivity (Wildman–Crippen MR) is 54.1 cm³/mol. The van der Waals surface area contributed by atoms with Crippen molar-refractivity contribution in [2.45, 2.75) is 22.3 Å². The molecule has 0 spiro atoms. The van der Waals surface area contributed by atoms with Crippen LogP contribution in [0.2, 0.25) is 0 Å². The zero-order chi connectivity index (χ0) is 10.8. The van der Waals surface area contributed by atoms with Crippen molar-refractivity contribution in [3.63, 3.8) is 0 Å². The van der Waals surface area contributed by atoms with Crippen LogP contribution in [-0.4, -0.2) is 27.0 Å². The summed E-state index contributed by atoms with van der Waals surface area (Å²) in [4.78, 5) is -1.50. The van der Waals surface area contributed by atoms with E-state index in [0.29, 0.717) is 4.34 Å². The van der Waals surface area contributed by atoms with Crippen LogP contribution < -0.4 is 0 Å². The van der Waals surface area contributed by atoms with Crippen molar-refractivity contribution in [3.05, 3.63) is 5.01 Å². The monoisotopic (exact) mass is 306 g/mol. The SMILES string of the molecule is Cc1nnc(SCC(Br)C(F)(F)F)s1. The third kappa shape index (κ3) is 3.74. The number of hydrogen-bond donors (Lipinski definition) is 0. The highest BCUT2D eigenvalue weighted by molar-refractivity contribution is 9.09. The van der Waals surface area contributed by atoms with Crippen molar-refractivity contribution in [2.75, 3.05) is 5.75 Å². The van der Waals surface area contributed by atoms with Gasteiger partial charge in [0.15, 0.2) is 4.34 Å². The molecule has 2 nitrogen and oxygen atoms in total. The van der Waals surface area contributed by atoms with Gasteiger partial charge in [0.25, 0.3) is 0 Å². The molecule has 14 heavy (non-hydrogen) atoms. The molecule has 1 aromatic rings. The van der Waals surface area contributed by atoms with E-state index in [2.05, 4.69) is 26.1 Å². The lowest BCUT2D eigenvalue weighted by Gasteiger charge is -2.11. The third-order valence-electron chi connectivity index (χ3n) is 1.22. The Morgan fingerprint density at radius 3 is 2.57 bits per heavy atom. The minimum Gasteiger partial charge on any atom is -0.170 e. The summed E-state index contributed by atoms with van der Waals surface area (Å²) in [7, 11) is 0. The highest BCUT2D eigenvalue weighted by Gasteiger charge is 2.37. The Morgan fingerprint density at radius 2 is 2.14 bits per heavy atom. The molecule has 1 rings (SSSR count). The average molecular weight is 307 g/mol. The summed E-state index contributed by atoms with van der Waals surface area (Å²) < 4.78 is 36.8. The molecular formula is C6H6BrF3N2S2. The van der Waals surface area contributed by atoms with E-state index >= 15 is 0 Å². The van der Waals surface area contributed by atoms with Crippen LogP contribution in [0.3, 0.4) is 0 Å². The smallest absolute Gasteiger partial charge is 0.170 e. The van der Waals surface area contributed by atoms with Crippen LogP contribution in [0.5, 0.6) is 0 Å². The molecule has 0 fully saturated rings. The van der Waals surface area contributed by atoms with E-state index in [1.54, 1.807) is 6.92 Å². The van der Waals surface area contributed by atoms with Gasteiger partial charge in [-0.3, -0.25) is 0 Å². The number of aryl methyl sites for hydroxylation is 1. The van der Waals surface area contributed by atoms with Crippen molar-refractivity contribution < 1.29 is 13.2 Å². The molecule has 0 amide bonds. The Morgan fingerprint density at radius 1 is 1.50 bits per heavy atom. The number of hydrogen-bond acceptors (Lipinski definition) is 4. The Hall–Kier alpha value is 0.180. The topological polar surface area (TPSA) is 25.8 Å². The summed E-state index contributed by atoms with van der Waals surface area (Å²) in [6, 6.07) is 0. The van der Waals surface area contributed by atoms with Gasteiger partial charge in [-0.05, 0) is 6.92 Å². The fraction of sp³-hybridized carbons (Fsp3) is 0.667. The highest BCUT2D eigenvalue weighted by atomic mass is 79.9. The van der Waals surface area contributed by atoms with Crippen molar-refractivity contribution in [3.8, 4) is 0 Å². The van der Waals surface area contributed by atoms with E-state index in [0.717, 1.165) is 16.8 Å². The van der Waals surface area contributed by atoms with Gasteiger partial charge in [0.05, 0.1) is 0 Å². The number of nitrogens with zero attached hydrogens (tertiary/aromatic N) is 2. The molecule has 0 bridgehead atoms. The molecule has 8 heteroatoms. The van der Waals surface area contributed by atoms with Crippen molar-refractivity contribution in [2.24, 2.45) is 0 Å². The van der Waals surface area contributed by atoms with Crippen LogP contribution in [0.15, 0.2) is 4.34 Å². The van der Waals surface area contributed by atoms with E-state index in [1.807, 2.05) is 0 Å². The molecular weight excluding hydrogens is 301 g/mol. The summed E-state index contributed by atoms with van der Waals surface area (Å²) in [5.74, 6) is -0.0852. The first kappa shape index (κ1) is 12.3. The summed E-state index contributed by atoms with van der Waals surface area (Å²) in [5, 5.41) is 8.18. The van der Waals surface area contributed by atoms with Crippen LogP contribution in [0.4, 0.5) is 13.2 Å². The minimum atomic E-state index is -4.20. The molecule has 1 aromatic heterocycles. The molecule has 0 saturated carbocycles. The second kappa shape index (κ2) is 4.80. The van der Waals surface area contributed by atoms with Crippen molar-refractivity contribution >= 4 is 39.0 Å². The van der Waals surface area contributed by atoms with Gasteiger partial charge in [-0.15, -0.1) is 10.2 Å². The van der Waals surface area contributed by atoms with E-state index in [1.165, 1.54) is 11.3 Å². The van der Waals surface area contributed by atoms with Crippen LogP contribution >= 0.6 is 39.0 Å². The molecule has 1 heterocycles. The van der Waals surface area contributed by atoms with Crippen molar-refractivity contribution in [1.29, 1.82) is 0 Å². The Balaban J connectivity index is 2.41. The summed E-state index contributed by atoms with van der Waals surface area (Å²) in [6.45, 7) is 1.76. The predicted octanol–water partition coefficient (Wildman–Crippen LogP) is 3.26. The summed E-state index contributed by atoms with van der Waals surface area (Å²) in [5.41, 5.74) is 0. The van der Waals surface area contributed by atoms with Gasteiger partial charge in [-0.25, -0.2) is 0 Å². The van der Waals surface area contributed by atoms with Crippen LogP contribution in [0.1, 0.15) is 5.01 Å². The fourth-order valence-corrected chi connectivity index (χ4v) is 2.77. The normalized spacial score (nSPS) is 14.4. The lowest BCUT2D eigenvalue weighted by atomic mass is 10.5. The maximum Gasteiger partial charge on any atom is 0.402 e. The summed E-state index contributed by atoms with van der Waals surface area (Å²) >= 11 is 4.92. The molecule has 0 N–H and O–H groups in total. The van der Waals surface area contributed by atoms with E-state index in [4.69, 9.17) is 0 Å². The molecule has 0 radical (unpaired) electrons. The third-order valence-corrected chi connectivity index (χ3v) is 4.55. The van der Waals surface area contributed by atoms with E-state index < -0.39 is 11.0 Å². The van der Waals surface area contributed by atoms with E-state index in [-0.39, 0.29) is 5.75 Å². The number of thioether (sulfide) groups is 1. The zero-order valence-corrected chi connectivity index (χ0v) is 10.2. The van der Waals surface area contributed by atoms with Gasteiger partial charge in [0, 0.05) is 5.75 Å². The molecule has 0 aliphatic carbocycles. The molecule has 0 saturated heterocycles. The minimum absolute atomic E-state index is 0.0852. The lowest BCUT2D eigenvalue weighted by molar-refractivity contribution is -0.122. The standard InChI is InChI=1S/C6H6BrF3N2S2/c1-3-11-12-5(14-3)13-2-4(7)6(8,9)10/h4H,2H2,1H3. The maximum atomic E-state index is 12.1. The quantitative estimate of drug-likeness (QED) is 0.633. The Bertz CT molecular complexity index is 302. The number of rotatable bonds is 3. The van der Waals surface area contributed by atoms with Crippen LogP contribution in [0.25, 0.3) is 0 Å². The first-order valence-electron chi connectivity index (χ1n) is 3.53. The number of halogens is 4. The highest BCUT2D eigenvalue weighted by Crippen LogP contribution is 2.32. The molecule has 0 aliphatic rings. The van der Waals surface area contributed by atoms with Gasteiger partial charge < -0.3 is 0 Å². The Kier molecular flexibility index (Phi) is 4.20. The van der Waals surface area contributed by atoms with Crippen molar-refractivity contribution in [1.82, 2.24) is 10.2 Å². The fourth-order valence-electron chi connectivity index (χ4n) is 0.576. The number of alkyl halides is 4. The molecule has 0 aromatic carbocycles. The van der Waals surface area contributed by atoms with E-state index in [9.17, 15) is 13.2 Å². The first-order chi connectivity index (χ1) is 6.39. The second-order valence-electron chi connectivity index (χ2n) is 2.41. The lowest BCUT2D eigenvalue weighted by Crippen LogP contribution is -2.24. The molecule has 1 atom stereocenters. The Labute approximate surface area is 95.4 Å². The maximum absolute atomic E-state index is 12.1. The second-order valence-corrected chi connectivity index (χ2v) is 5.96. The number of aromatic nitrogens is 2. The average Bonchev–Trinajstić information content (AvgIpc) is 2.45. The molecule has 0 aliphatic heterocycles. The molecule has 1 unspecified atom stereocenters. The van der Waals surface area contributed by atoms with Gasteiger partial charge in [-0.1, -0.05) is 39.0 Å². The van der Waals surface area contributed by atoms with Gasteiger partial charge in [0.2, 0.25) is 0 Å². The molecule has 80 valence electrons. The zero-order valence-electron chi connectivity index (χ0n) is 7.01.